The molecule has 9 heteroatoms. The summed E-state index contributed by atoms with van der Waals surface area (Å²) in [6, 6.07) is 2.27. The lowest BCUT2D eigenvalue weighted by Gasteiger charge is -2.15. The predicted molar refractivity (Wildman–Crippen MR) is 97.4 cm³/mol. The van der Waals surface area contributed by atoms with Gasteiger partial charge in [0.1, 0.15) is 5.82 Å². The predicted octanol–water partition coefficient (Wildman–Crippen LogP) is 2.74. The van der Waals surface area contributed by atoms with Gasteiger partial charge in [-0.1, -0.05) is 13.8 Å². The molecular formula is C17H28F3N5O. The number of pyridine rings is 1. The molecule has 0 fully saturated rings. The van der Waals surface area contributed by atoms with E-state index in [9.17, 15) is 13.2 Å². The average Bonchev–Trinajstić information content (AvgIpc) is 2.59. The van der Waals surface area contributed by atoms with E-state index in [-0.39, 0.29) is 12.4 Å². The van der Waals surface area contributed by atoms with Gasteiger partial charge in [0.05, 0.1) is 5.56 Å². The van der Waals surface area contributed by atoms with Gasteiger partial charge < -0.3 is 20.7 Å². The summed E-state index contributed by atoms with van der Waals surface area (Å²) in [5, 5.41) is 8.86. The van der Waals surface area contributed by atoms with Crippen molar-refractivity contribution in [3.8, 4) is 0 Å². The third kappa shape index (κ3) is 8.89. The van der Waals surface area contributed by atoms with Crippen molar-refractivity contribution in [2.24, 2.45) is 10.9 Å². The average molecular weight is 375 g/mol. The fourth-order valence-corrected chi connectivity index (χ4v) is 2.06. The van der Waals surface area contributed by atoms with Crippen molar-refractivity contribution < 1.29 is 17.9 Å². The monoisotopic (exact) mass is 375 g/mol. The molecule has 148 valence electrons. The van der Waals surface area contributed by atoms with E-state index in [1.807, 2.05) is 0 Å². The number of guanidine groups is 1. The number of ether oxygens (including phenoxy) is 1. The molecule has 0 aliphatic heterocycles. The summed E-state index contributed by atoms with van der Waals surface area (Å²) in [4.78, 5) is 7.82. The molecule has 1 aromatic rings. The lowest BCUT2D eigenvalue weighted by molar-refractivity contribution is -0.137. The van der Waals surface area contributed by atoms with Gasteiger partial charge in [-0.2, -0.15) is 13.2 Å². The number of hydrogen-bond donors (Lipinski definition) is 3. The summed E-state index contributed by atoms with van der Waals surface area (Å²) in [6.45, 7) is 6.98. The first-order valence-corrected chi connectivity index (χ1v) is 8.63. The van der Waals surface area contributed by atoms with Crippen LogP contribution in [0.5, 0.6) is 0 Å². The molecule has 0 saturated heterocycles. The Kier molecular flexibility index (Phi) is 9.79. The van der Waals surface area contributed by atoms with Crippen LogP contribution in [0.3, 0.4) is 0 Å². The molecule has 1 aromatic heterocycles. The minimum absolute atomic E-state index is 0.174. The van der Waals surface area contributed by atoms with Gasteiger partial charge in [0, 0.05) is 46.1 Å². The second-order valence-corrected chi connectivity index (χ2v) is 6.07. The first kappa shape index (κ1) is 22.0. The van der Waals surface area contributed by atoms with Gasteiger partial charge in [-0.3, -0.25) is 4.99 Å². The van der Waals surface area contributed by atoms with Gasteiger partial charge in [-0.25, -0.2) is 4.98 Å². The highest BCUT2D eigenvalue weighted by Gasteiger charge is 2.33. The zero-order valence-electron chi connectivity index (χ0n) is 15.5. The summed E-state index contributed by atoms with van der Waals surface area (Å²) in [7, 11) is 1.64. The number of anilines is 1. The van der Waals surface area contributed by atoms with Crippen LogP contribution in [0, 0.1) is 5.92 Å². The van der Waals surface area contributed by atoms with Crippen LogP contribution >= 0.6 is 0 Å². The number of hydrogen-bond acceptors (Lipinski definition) is 4. The molecule has 0 aliphatic rings. The minimum atomic E-state index is -4.43. The number of alkyl halides is 3. The molecule has 0 radical (unpaired) electrons. The summed E-state index contributed by atoms with van der Waals surface area (Å²) in [6.07, 6.45) is -2.26. The maximum atomic E-state index is 12.9. The van der Waals surface area contributed by atoms with Crippen LogP contribution in [0.4, 0.5) is 19.0 Å². The molecule has 26 heavy (non-hydrogen) atoms. The zero-order chi connectivity index (χ0) is 19.4. The molecule has 0 aromatic carbocycles. The first-order valence-electron chi connectivity index (χ1n) is 8.63. The lowest BCUT2D eigenvalue weighted by Crippen LogP contribution is -2.40. The molecule has 0 aliphatic carbocycles. The SMILES string of the molecule is CN=C(NCCCOCC(C)C)NCCNc1ncccc1C(F)(F)F. The van der Waals surface area contributed by atoms with E-state index < -0.39 is 11.7 Å². The Hall–Kier alpha value is -2.03. The van der Waals surface area contributed by atoms with Gasteiger partial charge in [-0.15, -0.1) is 0 Å². The largest absolute Gasteiger partial charge is 0.419 e. The van der Waals surface area contributed by atoms with Crippen LogP contribution in [-0.4, -0.2) is 50.8 Å². The lowest BCUT2D eigenvalue weighted by atomic mass is 10.2. The van der Waals surface area contributed by atoms with Crippen molar-refractivity contribution >= 4 is 11.8 Å². The number of aromatic nitrogens is 1. The number of nitrogens with zero attached hydrogens (tertiary/aromatic N) is 2. The van der Waals surface area contributed by atoms with Crippen molar-refractivity contribution in [3.63, 3.8) is 0 Å². The molecule has 0 unspecified atom stereocenters. The molecule has 0 atom stereocenters. The zero-order valence-corrected chi connectivity index (χ0v) is 15.5. The Bertz CT molecular complexity index is 549. The molecule has 0 amide bonds. The molecule has 0 bridgehead atoms. The number of nitrogens with one attached hydrogen (secondary N) is 3. The summed E-state index contributed by atoms with van der Waals surface area (Å²) in [5.41, 5.74) is -0.774. The maximum Gasteiger partial charge on any atom is 0.419 e. The van der Waals surface area contributed by atoms with Crippen LogP contribution < -0.4 is 16.0 Å². The third-order valence-electron chi connectivity index (χ3n) is 3.26. The van der Waals surface area contributed by atoms with E-state index in [0.29, 0.717) is 31.6 Å². The number of rotatable bonds is 10. The van der Waals surface area contributed by atoms with Crippen LogP contribution in [0.2, 0.25) is 0 Å². The number of aliphatic imine (C=N–C) groups is 1. The fraction of sp³-hybridized carbons (Fsp3) is 0.647. The molecule has 0 saturated carbocycles. The van der Waals surface area contributed by atoms with E-state index in [4.69, 9.17) is 4.74 Å². The van der Waals surface area contributed by atoms with Crippen molar-refractivity contribution in [2.75, 3.05) is 45.2 Å². The highest BCUT2D eigenvalue weighted by atomic mass is 19.4. The summed E-state index contributed by atoms with van der Waals surface area (Å²) >= 11 is 0. The highest BCUT2D eigenvalue weighted by Crippen LogP contribution is 2.33. The second kappa shape index (κ2) is 11.6. The third-order valence-corrected chi connectivity index (χ3v) is 3.26. The molecule has 0 spiro atoms. The normalized spacial score (nSPS) is 12.3. The molecule has 1 rings (SSSR count). The molecule has 6 nitrogen and oxygen atoms in total. The first-order chi connectivity index (χ1) is 12.3. The second-order valence-electron chi connectivity index (χ2n) is 6.07. The fourth-order valence-electron chi connectivity index (χ4n) is 2.06. The smallest absolute Gasteiger partial charge is 0.381 e. The summed E-state index contributed by atoms with van der Waals surface area (Å²) < 4.78 is 44.1. The Morgan fingerprint density at radius 1 is 1.23 bits per heavy atom. The minimum Gasteiger partial charge on any atom is -0.381 e. The van der Waals surface area contributed by atoms with Crippen molar-refractivity contribution in [2.45, 2.75) is 26.4 Å². The van der Waals surface area contributed by atoms with Crippen LogP contribution in [0.1, 0.15) is 25.8 Å². The van der Waals surface area contributed by atoms with Gasteiger partial charge in [0.25, 0.3) is 0 Å². The maximum absolute atomic E-state index is 12.9. The molecular weight excluding hydrogens is 347 g/mol. The van der Waals surface area contributed by atoms with E-state index in [1.165, 1.54) is 12.3 Å². The van der Waals surface area contributed by atoms with E-state index >= 15 is 0 Å². The van der Waals surface area contributed by atoms with E-state index in [1.54, 1.807) is 7.05 Å². The molecule has 1 heterocycles. The van der Waals surface area contributed by atoms with Crippen molar-refractivity contribution in [1.29, 1.82) is 0 Å². The highest BCUT2D eigenvalue weighted by molar-refractivity contribution is 5.79. The van der Waals surface area contributed by atoms with Gasteiger partial charge in [-0.05, 0) is 24.5 Å². The Balaban J connectivity index is 2.26. The van der Waals surface area contributed by atoms with E-state index in [0.717, 1.165) is 19.1 Å². The Morgan fingerprint density at radius 3 is 2.62 bits per heavy atom. The standard InChI is InChI=1S/C17H28F3N5O/c1-13(2)12-26-11-5-8-24-16(21-3)25-10-9-23-15-14(17(18,19)20)6-4-7-22-15/h4,6-7,13H,5,8-12H2,1-3H3,(H,22,23)(H2,21,24,25). The topological polar surface area (TPSA) is 70.6 Å². The van der Waals surface area contributed by atoms with Crippen molar-refractivity contribution in [1.82, 2.24) is 15.6 Å². The Labute approximate surface area is 152 Å². The van der Waals surface area contributed by atoms with Crippen molar-refractivity contribution in [3.05, 3.63) is 23.9 Å². The van der Waals surface area contributed by atoms with Gasteiger partial charge >= 0.3 is 6.18 Å². The van der Waals surface area contributed by atoms with Crippen LogP contribution in [-0.2, 0) is 10.9 Å². The van der Waals surface area contributed by atoms with Gasteiger partial charge in [0.2, 0.25) is 0 Å². The van der Waals surface area contributed by atoms with Gasteiger partial charge in [0.15, 0.2) is 5.96 Å². The van der Waals surface area contributed by atoms with Crippen LogP contribution in [0.15, 0.2) is 23.3 Å². The summed E-state index contributed by atoms with van der Waals surface area (Å²) in [5.74, 6) is 0.932. The number of halogens is 3. The van der Waals surface area contributed by atoms with Crippen LogP contribution in [0.25, 0.3) is 0 Å². The Morgan fingerprint density at radius 2 is 1.96 bits per heavy atom. The molecule has 3 N–H and O–H groups in total. The quantitative estimate of drug-likeness (QED) is 0.333. The van der Waals surface area contributed by atoms with E-state index in [2.05, 4.69) is 39.8 Å².